The number of rotatable bonds is 2. The second-order valence-corrected chi connectivity index (χ2v) is 6.42. The van der Waals surface area contributed by atoms with Gasteiger partial charge in [0.05, 0.1) is 0 Å². The molecule has 1 saturated heterocycles. The lowest BCUT2D eigenvalue weighted by molar-refractivity contribution is 0.379. The van der Waals surface area contributed by atoms with E-state index in [-0.39, 0.29) is 0 Å². The van der Waals surface area contributed by atoms with Crippen LogP contribution in [-0.4, -0.2) is 17.5 Å². The van der Waals surface area contributed by atoms with Crippen molar-refractivity contribution >= 4 is 11.8 Å². The summed E-state index contributed by atoms with van der Waals surface area (Å²) in [6.45, 7) is 0. The van der Waals surface area contributed by atoms with Gasteiger partial charge in [-0.25, -0.2) is 0 Å². The van der Waals surface area contributed by atoms with Crippen LogP contribution in [0.2, 0.25) is 0 Å². The molecule has 1 N–H and O–H groups in total. The summed E-state index contributed by atoms with van der Waals surface area (Å²) in [5.74, 6) is 2.68. The van der Waals surface area contributed by atoms with E-state index in [2.05, 4.69) is 41.3 Å². The van der Waals surface area contributed by atoms with E-state index in [1.165, 1.54) is 43.6 Å². The van der Waals surface area contributed by atoms with Crippen LogP contribution >= 0.6 is 11.8 Å². The fourth-order valence-corrected chi connectivity index (χ4v) is 4.18. The van der Waals surface area contributed by atoms with Crippen molar-refractivity contribution in [2.24, 2.45) is 0 Å². The Morgan fingerprint density at radius 1 is 1.06 bits per heavy atom. The van der Waals surface area contributed by atoms with Gasteiger partial charge in [-0.3, -0.25) is 0 Å². The summed E-state index contributed by atoms with van der Waals surface area (Å²) in [5.41, 5.74) is 3.14. The predicted molar refractivity (Wildman–Crippen MR) is 75.6 cm³/mol. The molecule has 1 aliphatic carbocycles. The largest absolute Gasteiger partial charge is 0.307 e. The fourth-order valence-electron chi connectivity index (χ4n) is 3.08. The van der Waals surface area contributed by atoms with Crippen LogP contribution in [0.5, 0.6) is 0 Å². The molecule has 3 rings (SSSR count). The van der Waals surface area contributed by atoms with Crippen LogP contribution in [0.25, 0.3) is 0 Å². The summed E-state index contributed by atoms with van der Waals surface area (Å²) in [6, 6.07) is 10.4. The van der Waals surface area contributed by atoms with Crippen molar-refractivity contribution in [2.75, 3.05) is 11.5 Å². The van der Waals surface area contributed by atoms with Crippen molar-refractivity contribution in [3.05, 3.63) is 35.4 Å². The topological polar surface area (TPSA) is 12.0 Å². The van der Waals surface area contributed by atoms with Crippen molar-refractivity contribution in [3.63, 3.8) is 0 Å². The SMILES string of the molecule is c1ccc2c(c1)CCCC2NC1CCSCC1. The van der Waals surface area contributed by atoms with E-state index in [1.54, 1.807) is 11.1 Å². The van der Waals surface area contributed by atoms with Crippen molar-refractivity contribution in [1.29, 1.82) is 0 Å². The highest BCUT2D eigenvalue weighted by Gasteiger charge is 2.23. The van der Waals surface area contributed by atoms with Crippen LogP contribution in [0.1, 0.15) is 42.9 Å². The molecule has 2 heteroatoms. The van der Waals surface area contributed by atoms with Crippen LogP contribution < -0.4 is 5.32 Å². The molecule has 0 amide bonds. The number of aryl methyl sites for hydroxylation is 1. The van der Waals surface area contributed by atoms with Gasteiger partial charge in [0, 0.05) is 12.1 Å². The second kappa shape index (κ2) is 5.45. The van der Waals surface area contributed by atoms with E-state index >= 15 is 0 Å². The predicted octanol–water partition coefficient (Wildman–Crippen LogP) is 3.55. The Kier molecular flexibility index (Phi) is 3.72. The summed E-state index contributed by atoms with van der Waals surface area (Å²) in [5, 5.41) is 3.90. The summed E-state index contributed by atoms with van der Waals surface area (Å²) < 4.78 is 0. The Hall–Kier alpha value is -0.470. The van der Waals surface area contributed by atoms with Crippen LogP contribution in [0.3, 0.4) is 0 Å². The third-order valence-corrected chi connectivity index (χ3v) is 5.08. The standard InChI is InChI=1S/C15H21NS/c1-2-6-14-12(4-1)5-3-7-15(14)16-13-8-10-17-11-9-13/h1-2,4,6,13,15-16H,3,5,7-11H2. The van der Waals surface area contributed by atoms with Gasteiger partial charge >= 0.3 is 0 Å². The third-order valence-electron chi connectivity index (χ3n) is 4.03. The lowest BCUT2D eigenvalue weighted by Crippen LogP contribution is -2.37. The van der Waals surface area contributed by atoms with Crippen molar-refractivity contribution in [1.82, 2.24) is 5.32 Å². The van der Waals surface area contributed by atoms with E-state index in [0.29, 0.717) is 6.04 Å². The number of thioether (sulfide) groups is 1. The number of hydrogen-bond acceptors (Lipinski definition) is 2. The van der Waals surface area contributed by atoms with Gasteiger partial charge in [-0.2, -0.15) is 11.8 Å². The second-order valence-electron chi connectivity index (χ2n) is 5.20. The van der Waals surface area contributed by atoms with Gasteiger partial charge in [-0.05, 0) is 54.7 Å². The number of benzene rings is 1. The minimum absolute atomic E-state index is 0.619. The quantitative estimate of drug-likeness (QED) is 0.858. The molecular formula is C15H21NS. The van der Waals surface area contributed by atoms with E-state index in [4.69, 9.17) is 0 Å². The fraction of sp³-hybridized carbons (Fsp3) is 0.600. The van der Waals surface area contributed by atoms with Gasteiger partial charge in [0.15, 0.2) is 0 Å². The maximum atomic E-state index is 3.90. The Bertz CT molecular complexity index is 371. The molecule has 1 heterocycles. The van der Waals surface area contributed by atoms with Gasteiger partial charge in [-0.15, -0.1) is 0 Å². The highest BCUT2D eigenvalue weighted by Crippen LogP contribution is 2.31. The molecule has 0 spiro atoms. The molecule has 0 saturated carbocycles. The molecule has 0 bridgehead atoms. The molecule has 1 aliphatic heterocycles. The van der Waals surface area contributed by atoms with Gasteiger partial charge in [0.1, 0.15) is 0 Å². The molecule has 17 heavy (non-hydrogen) atoms. The first kappa shape index (κ1) is 11.6. The van der Waals surface area contributed by atoms with E-state index < -0.39 is 0 Å². The maximum Gasteiger partial charge on any atom is 0.0325 e. The first-order chi connectivity index (χ1) is 8.43. The molecule has 2 aliphatic rings. The third kappa shape index (κ3) is 2.69. The Balaban J connectivity index is 1.71. The zero-order valence-corrected chi connectivity index (χ0v) is 11.1. The smallest absolute Gasteiger partial charge is 0.0325 e. The molecule has 1 fully saturated rings. The van der Waals surface area contributed by atoms with Crippen LogP contribution in [0.15, 0.2) is 24.3 Å². The number of fused-ring (bicyclic) bond motifs is 1. The first-order valence-corrected chi connectivity index (χ1v) is 8.00. The Labute approximate surface area is 108 Å². The van der Waals surface area contributed by atoms with Crippen LogP contribution in [0, 0.1) is 0 Å². The molecule has 92 valence electrons. The summed E-state index contributed by atoms with van der Waals surface area (Å²) in [6.07, 6.45) is 6.64. The molecule has 0 aromatic heterocycles. The van der Waals surface area contributed by atoms with E-state index in [9.17, 15) is 0 Å². The van der Waals surface area contributed by atoms with Crippen LogP contribution in [0.4, 0.5) is 0 Å². The number of nitrogens with one attached hydrogen (secondary N) is 1. The summed E-state index contributed by atoms with van der Waals surface area (Å²) >= 11 is 2.11. The zero-order valence-electron chi connectivity index (χ0n) is 10.3. The average Bonchev–Trinajstić information content (AvgIpc) is 2.40. The first-order valence-electron chi connectivity index (χ1n) is 6.85. The molecule has 1 atom stereocenters. The van der Waals surface area contributed by atoms with E-state index in [1.807, 2.05) is 0 Å². The van der Waals surface area contributed by atoms with Gasteiger partial charge in [0.2, 0.25) is 0 Å². The Morgan fingerprint density at radius 2 is 1.88 bits per heavy atom. The zero-order chi connectivity index (χ0) is 11.5. The monoisotopic (exact) mass is 247 g/mol. The normalized spacial score (nSPS) is 25.5. The summed E-state index contributed by atoms with van der Waals surface area (Å²) in [4.78, 5) is 0. The molecular weight excluding hydrogens is 226 g/mol. The highest BCUT2D eigenvalue weighted by molar-refractivity contribution is 7.99. The van der Waals surface area contributed by atoms with Crippen LogP contribution in [-0.2, 0) is 6.42 Å². The minimum Gasteiger partial charge on any atom is -0.307 e. The van der Waals surface area contributed by atoms with Crippen molar-refractivity contribution < 1.29 is 0 Å². The highest BCUT2D eigenvalue weighted by atomic mass is 32.2. The van der Waals surface area contributed by atoms with Crippen molar-refractivity contribution in [3.8, 4) is 0 Å². The molecule has 1 unspecified atom stereocenters. The van der Waals surface area contributed by atoms with Gasteiger partial charge in [0.25, 0.3) is 0 Å². The lowest BCUT2D eigenvalue weighted by atomic mass is 9.87. The average molecular weight is 247 g/mol. The Morgan fingerprint density at radius 3 is 2.76 bits per heavy atom. The molecule has 1 aromatic carbocycles. The molecule has 0 radical (unpaired) electrons. The van der Waals surface area contributed by atoms with Gasteiger partial charge in [-0.1, -0.05) is 24.3 Å². The van der Waals surface area contributed by atoms with Crippen molar-refractivity contribution in [2.45, 2.75) is 44.2 Å². The molecule has 1 aromatic rings. The minimum atomic E-state index is 0.619. The number of hydrogen-bond donors (Lipinski definition) is 1. The van der Waals surface area contributed by atoms with Gasteiger partial charge < -0.3 is 5.32 Å². The van der Waals surface area contributed by atoms with E-state index in [0.717, 1.165) is 6.04 Å². The maximum absolute atomic E-state index is 3.90. The lowest BCUT2D eigenvalue weighted by Gasteiger charge is -2.32. The molecule has 1 nitrogen and oxygen atoms in total. The summed E-state index contributed by atoms with van der Waals surface area (Å²) in [7, 11) is 0.